The van der Waals surface area contributed by atoms with E-state index in [4.69, 9.17) is 9.47 Å². The fraction of sp³-hybridized carbons (Fsp3) is 0.333. The summed E-state index contributed by atoms with van der Waals surface area (Å²) in [5.74, 6) is -0.453. The van der Waals surface area contributed by atoms with Gasteiger partial charge in [-0.15, -0.1) is 0 Å². The number of hydrogen-bond acceptors (Lipinski definition) is 10. The molecule has 190 valence electrons. The van der Waals surface area contributed by atoms with Crippen molar-refractivity contribution in [3.05, 3.63) is 66.7 Å². The third-order valence-electron chi connectivity index (χ3n) is 4.79. The molecular formula is C21H25BrN4O9. The molecule has 0 unspecified atom stereocenters. The first kappa shape index (κ1) is 29.3. The van der Waals surface area contributed by atoms with Crippen molar-refractivity contribution in [1.82, 2.24) is 4.90 Å². The molecule has 3 rings (SSSR count). The molecule has 0 aliphatic carbocycles. The molecule has 0 saturated carbocycles. The zero-order valence-corrected chi connectivity index (χ0v) is 21.3. The first-order valence-corrected chi connectivity index (χ1v) is 10.9. The summed E-state index contributed by atoms with van der Waals surface area (Å²) < 4.78 is 14.6. The average Bonchev–Trinajstić information content (AvgIpc) is 3.16. The average molecular weight is 557 g/mol. The summed E-state index contributed by atoms with van der Waals surface area (Å²) in [5.41, 5.74) is 5.91. The van der Waals surface area contributed by atoms with Gasteiger partial charge in [-0.2, -0.15) is 0 Å². The molecule has 0 atom stereocenters. The topological polar surface area (TPSA) is 177 Å². The first-order chi connectivity index (χ1) is 16.6. The van der Waals surface area contributed by atoms with Crippen molar-refractivity contribution in [3.8, 4) is 11.5 Å². The van der Waals surface area contributed by atoms with Gasteiger partial charge in [-0.1, -0.05) is 15.9 Å². The Morgan fingerprint density at radius 3 is 2.00 bits per heavy atom. The van der Waals surface area contributed by atoms with Crippen LogP contribution < -0.4 is 15.2 Å². The highest BCUT2D eigenvalue weighted by molar-refractivity contribution is 9.08. The van der Waals surface area contributed by atoms with Gasteiger partial charge in [-0.3, -0.25) is 25.0 Å². The van der Waals surface area contributed by atoms with Crippen molar-refractivity contribution in [1.29, 1.82) is 0 Å². The number of alkyl halides is 1. The number of hydrogen-bond donors (Lipinski definition) is 1. The number of nitro benzene ring substituents is 2. The van der Waals surface area contributed by atoms with Gasteiger partial charge in [0.1, 0.15) is 0 Å². The maximum absolute atomic E-state index is 11.6. The molecular weight excluding hydrogens is 532 g/mol. The molecule has 35 heavy (non-hydrogen) atoms. The van der Waals surface area contributed by atoms with E-state index in [0.29, 0.717) is 23.2 Å². The summed E-state index contributed by atoms with van der Waals surface area (Å²) in [6, 6.07) is 5.34. The summed E-state index contributed by atoms with van der Waals surface area (Å²) in [6.07, 6.45) is 0. The van der Waals surface area contributed by atoms with Crippen LogP contribution in [0.25, 0.3) is 0 Å². The Morgan fingerprint density at radius 1 is 1.03 bits per heavy atom. The molecule has 2 aromatic carbocycles. The number of fused-ring (bicyclic) bond motifs is 1. The van der Waals surface area contributed by atoms with Crippen LogP contribution in [0.1, 0.15) is 31.8 Å². The van der Waals surface area contributed by atoms with Gasteiger partial charge in [-0.05, 0) is 19.2 Å². The molecule has 13 nitrogen and oxygen atoms in total. The van der Waals surface area contributed by atoms with Crippen LogP contribution in [0.15, 0.2) is 24.3 Å². The number of nitrogens with zero attached hydrogens (tertiary/aromatic N) is 3. The lowest BCUT2D eigenvalue weighted by Crippen LogP contribution is -2.17. The third-order valence-corrected chi connectivity index (χ3v) is 5.35. The molecule has 1 amide bonds. The molecule has 0 fully saturated rings. The number of methoxy groups -OCH3 is 3. The van der Waals surface area contributed by atoms with Gasteiger partial charge in [0, 0.05) is 41.2 Å². The smallest absolute Gasteiger partial charge is 0.338 e. The summed E-state index contributed by atoms with van der Waals surface area (Å²) in [7, 11) is 7.07. The monoisotopic (exact) mass is 556 g/mol. The lowest BCUT2D eigenvalue weighted by molar-refractivity contribution is -0.386. The van der Waals surface area contributed by atoms with Crippen LogP contribution in [0, 0.1) is 20.2 Å². The van der Waals surface area contributed by atoms with Crippen molar-refractivity contribution in [2.75, 3.05) is 35.4 Å². The van der Waals surface area contributed by atoms with Crippen LogP contribution in [0.3, 0.4) is 0 Å². The molecule has 2 N–H and O–H groups in total. The fourth-order valence-electron chi connectivity index (χ4n) is 3.28. The highest BCUT2D eigenvalue weighted by atomic mass is 79.9. The third kappa shape index (κ3) is 6.22. The highest BCUT2D eigenvalue weighted by Crippen LogP contribution is 2.37. The van der Waals surface area contributed by atoms with E-state index < -0.39 is 15.8 Å². The fourth-order valence-corrected chi connectivity index (χ4v) is 3.84. The van der Waals surface area contributed by atoms with Gasteiger partial charge in [-0.25, -0.2) is 4.79 Å². The second-order valence-electron chi connectivity index (χ2n) is 6.59. The summed E-state index contributed by atoms with van der Waals surface area (Å²) in [6.45, 7) is 0.346. The molecule has 0 spiro atoms. The van der Waals surface area contributed by atoms with E-state index in [-0.39, 0.29) is 39.7 Å². The second kappa shape index (κ2) is 13.2. The van der Waals surface area contributed by atoms with E-state index in [0.717, 1.165) is 0 Å². The Morgan fingerprint density at radius 2 is 1.54 bits per heavy atom. The number of nitro groups is 2. The van der Waals surface area contributed by atoms with E-state index >= 15 is 0 Å². The Balaban J connectivity index is 0.000000327. The number of nitrogens with two attached hydrogens (primary N) is 1. The van der Waals surface area contributed by atoms with Crippen molar-refractivity contribution in [3.63, 3.8) is 0 Å². The van der Waals surface area contributed by atoms with Crippen molar-refractivity contribution >= 4 is 39.2 Å². The van der Waals surface area contributed by atoms with E-state index in [1.807, 2.05) is 0 Å². The van der Waals surface area contributed by atoms with Crippen LogP contribution in [-0.4, -0.2) is 62.0 Å². The Labute approximate surface area is 209 Å². The Kier molecular flexibility index (Phi) is 11.0. The predicted octanol–water partition coefficient (Wildman–Crippen LogP) is 3.05. The van der Waals surface area contributed by atoms with Crippen molar-refractivity contribution in [2.45, 2.75) is 11.9 Å². The molecule has 1 aliphatic heterocycles. The summed E-state index contributed by atoms with van der Waals surface area (Å²) >= 11 is 3.17. The van der Waals surface area contributed by atoms with E-state index in [1.54, 1.807) is 7.05 Å². The number of carbonyl (C=O) groups is 2. The molecule has 0 radical (unpaired) electrons. The van der Waals surface area contributed by atoms with E-state index in [1.165, 1.54) is 57.5 Å². The van der Waals surface area contributed by atoms with Gasteiger partial charge in [0.25, 0.3) is 5.91 Å². The maximum Gasteiger partial charge on any atom is 0.338 e. The minimum atomic E-state index is -0.563. The molecule has 14 heteroatoms. The van der Waals surface area contributed by atoms with E-state index in [2.05, 4.69) is 26.4 Å². The number of amides is 1. The predicted molar refractivity (Wildman–Crippen MR) is 129 cm³/mol. The Bertz CT molecular complexity index is 1120. The molecule has 1 aliphatic rings. The second-order valence-corrected chi connectivity index (χ2v) is 7.15. The molecule has 0 saturated heterocycles. The number of benzene rings is 2. The molecule has 0 aromatic heterocycles. The normalized spacial score (nSPS) is 11.3. The van der Waals surface area contributed by atoms with Gasteiger partial charge in [0.2, 0.25) is 11.5 Å². The number of esters is 1. The largest absolute Gasteiger partial charge is 0.490 e. The Hall–Kier alpha value is -3.78. The lowest BCUT2D eigenvalue weighted by atomic mass is 10.1. The molecule has 1 heterocycles. The van der Waals surface area contributed by atoms with Gasteiger partial charge >= 0.3 is 17.3 Å². The van der Waals surface area contributed by atoms with Crippen LogP contribution in [-0.2, 0) is 16.6 Å². The van der Waals surface area contributed by atoms with Crippen LogP contribution in [0.5, 0.6) is 11.5 Å². The minimum Gasteiger partial charge on any atom is -0.490 e. The molecule has 0 bridgehead atoms. The van der Waals surface area contributed by atoms with Crippen LogP contribution >= 0.6 is 15.9 Å². The zero-order valence-electron chi connectivity index (χ0n) is 19.7. The van der Waals surface area contributed by atoms with Gasteiger partial charge < -0.3 is 24.8 Å². The summed E-state index contributed by atoms with van der Waals surface area (Å²) in [5, 5.41) is 21.8. The van der Waals surface area contributed by atoms with Crippen LogP contribution in [0.4, 0.5) is 11.4 Å². The maximum atomic E-state index is 11.6. The van der Waals surface area contributed by atoms with Crippen molar-refractivity contribution in [2.24, 2.45) is 5.73 Å². The summed E-state index contributed by atoms with van der Waals surface area (Å²) in [4.78, 5) is 45.1. The van der Waals surface area contributed by atoms with Crippen LogP contribution in [0.2, 0.25) is 0 Å². The lowest BCUT2D eigenvalue weighted by Gasteiger charge is -2.10. The SMILES string of the molecule is CN.COC(=O)c1ccc([N+](=O)[O-])c(OC)c1CBr.COc1c([N+](=O)[O-])ccc2c1CN(C)C2=O. The number of rotatable bonds is 6. The highest BCUT2D eigenvalue weighted by Gasteiger charge is 2.32. The quantitative estimate of drug-likeness (QED) is 0.240. The number of ether oxygens (including phenoxy) is 3. The number of halogens is 1. The molecule has 2 aromatic rings. The standard InChI is InChI=1S/C10H10BrNO5.C10H10N2O4.CH5N/c1-16-9-7(5-11)6(10(13)17-2)3-4-8(9)12(14)15;1-11-5-7-6(10(11)13)3-4-8(12(14)15)9(7)16-2;1-2/h3-4H,5H2,1-2H3;3-4H,5H2,1-2H3;2H2,1H3. The van der Waals surface area contributed by atoms with Crippen molar-refractivity contribution < 1.29 is 33.6 Å². The minimum absolute atomic E-state index is 0.0646. The van der Waals surface area contributed by atoms with E-state index in [9.17, 15) is 29.8 Å². The van der Waals surface area contributed by atoms with Gasteiger partial charge in [0.05, 0.1) is 43.3 Å². The number of carbonyl (C=O) groups excluding carboxylic acids is 2. The first-order valence-electron chi connectivity index (χ1n) is 9.78. The zero-order chi connectivity index (χ0) is 26.9. The van der Waals surface area contributed by atoms with Gasteiger partial charge in [0.15, 0.2) is 0 Å².